The molecule has 92 valence electrons. The molecular formula is C7H11F6OP. The molecule has 0 fully saturated rings. The Kier molecular flexibility index (Phi) is 5.33. The van der Waals surface area contributed by atoms with Crippen LogP contribution >= 0.6 is 8.15 Å². The Balaban J connectivity index is 4.67. The zero-order chi connectivity index (χ0) is 12.3. The van der Waals surface area contributed by atoms with Crippen LogP contribution in [0.25, 0.3) is 0 Å². The Labute approximate surface area is 84.6 Å². The molecule has 0 amide bonds. The van der Waals surface area contributed by atoms with E-state index in [0.29, 0.717) is 0 Å². The molecule has 0 radical (unpaired) electrons. The second-order valence-corrected chi connectivity index (χ2v) is 5.12. The first-order valence-corrected chi connectivity index (χ1v) is 5.81. The molecule has 0 bridgehead atoms. The number of hydrogen-bond donors (Lipinski definition) is 0. The van der Waals surface area contributed by atoms with E-state index in [9.17, 15) is 26.3 Å². The molecule has 0 N–H and O–H groups in total. The van der Waals surface area contributed by atoms with Gasteiger partial charge in [-0.05, 0) is 12.3 Å². The summed E-state index contributed by atoms with van der Waals surface area (Å²) in [6.07, 6.45) is -14.1. The van der Waals surface area contributed by atoms with E-state index in [1.54, 1.807) is 0 Å². The normalized spacial score (nSPS) is 14.0. The van der Waals surface area contributed by atoms with E-state index >= 15 is 0 Å². The third kappa shape index (κ3) is 5.02. The lowest BCUT2D eigenvalue weighted by Crippen LogP contribution is -2.43. The highest BCUT2D eigenvalue weighted by Crippen LogP contribution is 2.46. The van der Waals surface area contributed by atoms with Crippen LogP contribution in [0, 0.1) is 0 Å². The van der Waals surface area contributed by atoms with Gasteiger partial charge in [-0.3, -0.25) is 0 Å². The topological polar surface area (TPSA) is 9.23 Å². The highest BCUT2D eigenvalue weighted by Gasteiger charge is 2.58. The standard InChI is InChI=1S/C7H11F6OP/c1-3-15(4-2)14-5(6(8,9)10)7(11,12)13/h5H,3-4H2,1-2H3. The lowest BCUT2D eigenvalue weighted by atomic mass is 10.3. The highest BCUT2D eigenvalue weighted by atomic mass is 31.1. The zero-order valence-corrected chi connectivity index (χ0v) is 9.01. The smallest absolute Gasteiger partial charge is 0.338 e. The molecule has 0 atom stereocenters. The van der Waals surface area contributed by atoms with Crippen LogP contribution in [0.3, 0.4) is 0 Å². The Morgan fingerprint density at radius 3 is 1.47 bits per heavy atom. The van der Waals surface area contributed by atoms with Gasteiger partial charge in [0.25, 0.3) is 6.10 Å². The van der Waals surface area contributed by atoms with Gasteiger partial charge in [-0.1, -0.05) is 13.8 Å². The molecule has 0 unspecified atom stereocenters. The van der Waals surface area contributed by atoms with Crippen molar-refractivity contribution < 1.29 is 30.9 Å². The predicted molar refractivity (Wildman–Crippen MR) is 45.0 cm³/mol. The third-order valence-corrected chi connectivity index (χ3v) is 3.47. The lowest BCUT2D eigenvalue weighted by Gasteiger charge is -2.26. The summed E-state index contributed by atoms with van der Waals surface area (Å²) in [5, 5.41) is 0. The molecule has 0 aliphatic carbocycles. The number of alkyl halides is 6. The van der Waals surface area contributed by atoms with Gasteiger partial charge in [-0.25, -0.2) is 0 Å². The first-order chi connectivity index (χ1) is 6.62. The lowest BCUT2D eigenvalue weighted by molar-refractivity contribution is -0.298. The summed E-state index contributed by atoms with van der Waals surface area (Å²) >= 11 is 0. The summed E-state index contributed by atoms with van der Waals surface area (Å²) in [6.45, 7) is 3.00. The van der Waals surface area contributed by atoms with Crippen molar-refractivity contribution in [1.82, 2.24) is 0 Å². The highest BCUT2D eigenvalue weighted by molar-refractivity contribution is 7.52. The van der Waals surface area contributed by atoms with Gasteiger partial charge in [0.1, 0.15) is 0 Å². The Hall–Kier alpha value is -0.0300. The maximum atomic E-state index is 12.0. The zero-order valence-electron chi connectivity index (χ0n) is 8.11. The van der Waals surface area contributed by atoms with E-state index in [0.717, 1.165) is 0 Å². The molecule has 0 heterocycles. The van der Waals surface area contributed by atoms with Crippen LogP contribution < -0.4 is 0 Å². The van der Waals surface area contributed by atoms with Gasteiger partial charge in [0.2, 0.25) is 0 Å². The monoisotopic (exact) mass is 256 g/mol. The van der Waals surface area contributed by atoms with Crippen molar-refractivity contribution in [3.8, 4) is 0 Å². The second kappa shape index (κ2) is 5.34. The Bertz CT molecular complexity index is 171. The van der Waals surface area contributed by atoms with Crippen molar-refractivity contribution in [2.24, 2.45) is 0 Å². The summed E-state index contributed by atoms with van der Waals surface area (Å²) in [4.78, 5) is 0. The van der Waals surface area contributed by atoms with Crippen molar-refractivity contribution in [3.63, 3.8) is 0 Å². The van der Waals surface area contributed by atoms with Gasteiger partial charge in [0, 0.05) is 8.15 Å². The molecule has 0 aromatic heterocycles. The van der Waals surface area contributed by atoms with Crippen molar-refractivity contribution in [2.75, 3.05) is 12.3 Å². The molecule has 0 aliphatic rings. The van der Waals surface area contributed by atoms with Crippen molar-refractivity contribution >= 4 is 8.15 Å². The van der Waals surface area contributed by atoms with Gasteiger partial charge in [0.15, 0.2) is 0 Å². The SMILES string of the molecule is CCP(CC)OC(C(F)(F)F)C(F)(F)F. The molecule has 15 heavy (non-hydrogen) atoms. The molecule has 0 spiro atoms. The summed E-state index contributed by atoms with van der Waals surface area (Å²) in [5.41, 5.74) is 0. The average Bonchev–Trinajstić information content (AvgIpc) is 2.01. The predicted octanol–water partition coefficient (Wildman–Crippen LogP) is 3.93. The summed E-state index contributed by atoms with van der Waals surface area (Å²) in [7, 11) is -1.66. The van der Waals surface area contributed by atoms with E-state index in [-0.39, 0.29) is 12.3 Å². The minimum Gasteiger partial charge on any atom is -0.338 e. The van der Waals surface area contributed by atoms with Gasteiger partial charge < -0.3 is 4.52 Å². The molecular weight excluding hydrogens is 245 g/mol. The summed E-state index contributed by atoms with van der Waals surface area (Å²) in [5.74, 6) is 0. The fraction of sp³-hybridized carbons (Fsp3) is 1.00. The van der Waals surface area contributed by atoms with Crippen molar-refractivity contribution in [1.29, 1.82) is 0 Å². The van der Waals surface area contributed by atoms with Gasteiger partial charge in [0.05, 0.1) is 0 Å². The second-order valence-electron chi connectivity index (χ2n) is 2.68. The van der Waals surface area contributed by atoms with Gasteiger partial charge in [-0.15, -0.1) is 0 Å². The van der Waals surface area contributed by atoms with Crippen LogP contribution in [0.5, 0.6) is 0 Å². The maximum absolute atomic E-state index is 12.0. The molecule has 0 aliphatic heterocycles. The van der Waals surface area contributed by atoms with Crippen LogP contribution in [0.1, 0.15) is 13.8 Å². The Morgan fingerprint density at radius 2 is 1.27 bits per heavy atom. The first kappa shape index (κ1) is 15.0. The minimum atomic E-state index is -5.40. The summed E-state index contributed by atoms with van der Waals surface area (Å²) in [6, 6.07) is 0. The minimum absolute atomic E-state index is 0.175. The number of halogens is 6. The largest absolute Gasteiger partial charge is 0.423 e. The van der Waals surface area contributed by atoms with E-state index in [4.69, 9.17) is 0 Å². The first-order valence-electron chi connectivity index (χ1n) is 4.18. The van der Waals surface area contributed by atoms with Gasteiger partial charge >= 0.3 is 12.4 Å². The quantitative estimate of drug-likeness (QED) is 0.547. The van der Waals surface area contributed by atoms with Crippen LogP contribution in [-0.4, -0.2) is 30.8 Å². The maximum Gasteiger partial charge on any atom is 0.423 e. The van der Waals surface area contributed by atoms with Crippen LogP contribution in [0.2, 0.25) is 0 Å². The Morgan fingerprint density at radius 1 is 0.933 bits per heavy atom. The molecule has 0 saturated carbocycles. The van der Waals surface area contributed by atoms with Crippen molar-refractivity contribution in [2.45, 2.75) is 32.3 Å². The van der Waals surface area contributed by atoms with E-state index in [2.05, 4.69) is 4.52 Å². The molecule has 0 rings (SSSR count). The molecule has 1 nitrogen and oxygen atoms in total. The molecule has 0 aromatic rings. The van der Waals surface area contributed by atoms with E-state index in [1.807, 2.05) is 0 Å². The third-order valence-electron chi connectivity index (χ3n) is 1.55. The van der Waals surface area contributed by atoms with E-state index in [1.165, 1.54) is 13.8 Å². The van der Waals surface area contributed by atoms with E-state index < -0.39 is 26.6 Å². The van der Waals surface area contributed by atoms with Crippen LogP contribution in [0.4, 0.5) is 26.3 Å². The molecule has 0 aromatic carbocycles. The number of hydrogen-bond acceptors (Lipinski definition) is 1. The average molecular weight is 256 g/mol. The fourth-order valence-corrected chi connectivity index (χ4v) is 2.11. The van der Waals surface area contributed by atoms with Gasteiger partial charge in [-0.2, -0.15) is 26.3 Å². The van der Waals surface area contributed by atoms with Crippen LogP contribution in [-0.2, 0) is 4.52 Å². The fourth-order valence-electron chi connectivity index (χ4n) is 0.827. The number of rotatable bonds is 4. The summed E-state index contributed by atoms with van der Waals surface area (Å²) < 4.78 is 76.2. The molecule has 8 heteroatoms. The molecule has 0 saturated heterocycles. The van der Waals surface area contributed by atoms with Crippen molar-refractivity contribution in [3.05, 3.63) is 0 Å². The van der Waals surface area contributed by atoms with Crippen LogP contribution in [0.15, 0.2) is 0 Å².